The number of nitrogens with zero attached hydrogens (tertiary/aromatic N) is 2. The summed E-state index contributed by atoms with van der Waals surface area (Å²) in [5, 5.41) is 21.5. The van der Waals surface area contributed by atoms with Crippen LogP contribution in [0.4, 0.5) is 5.69 Å². The number of hydrogen-bond donors (Lipinski definition) is 4. The van der Waals surface area contributed by atoms with Gasteiger partial charge in [-0.2, -0.15) is 5.06 Å². The molecule has 0 aromatic heterocycles. The van der Waals surface area contributed by atoms with Crippen molar-refractivity contribution >= 4 is 23.4 Å². The van der Waals surface area contributed by atoms with Gasteiger partial charge in [-0.1, -0.05) is 57.2 Å². The zero-order chi connectivity index (χ0) is 37.3. The summed E-state index contributed by atoms with van der Waals surface area (Å²) in [5.41, 5.74) is 4.48. The monoisotopic (exact) mass is 711 g/mol. The lowest BCUT2D eigenvalue weighted by molar-refractivity contribution is -0.176. The standard InChI is InChI=1S/C41H53N5O6/c1-24-33-19-29(41(33,2)3)20-34(24)44-40(50)36-32(23-47)35(21-43-39(49)25-12-9-8-10-13-25)52-46(36)22-26-14-11-15-31(37(26)51-7)27-16-28(38(48)42-4)18-30(17-27)45(5)6/h8-18,24,29,32-36,47H,19-23H2,1-7H3,(H,42,48)(H,43,49)(H,44,50)/t24-,29+,32+,33-,34-,35-,36-/m0/s1. The summed E-state index contributed by atoms with van der Waals surface area (Å²) in [5.74, 6) is 0.737. The van der Waals surface area contributed by atoms with Crippen molar-refractivity contribution < 1.29 is 29.1 Å². The third kappa shape index (κ3) is 7.14. The summed E-state index contributed by atoms with van der Waals surface area (Å²) in [6.45, 7) is 6.87. The lowest BCUT2D eigenvalue weighted by Gasteiger charge is -2.62. The van der Waals surface area contributed by atoms with E-state index in [9.17, 15) is 19.5 Å². The highest BCUT2D eigenvalue weighted by molar-refractivity contribution is 5.97. The van der Waals surface area contributed by atoms with Gasteiger partial charge in [0.1, 0.15) is 17.9 Å². The van der Waals surface area contributed by atoms with Crippen LogP contribution >= 0.6 is 0 Å². The van der Waals surface area contributed by atoms with E-state index in [2.05, 4.69) is 36.7 Å². The van der Waals surface area contributed by atoms with E-state index in [0.717, 1.165) is 28.8 Å². The molecule has 1 heterocycles. The molecule has 0 unspecified atom stereocenters. The van der Waals surface area contributed by atoms with Crippen LogP contribution in [0.1, 0.15) is 59.9 Å². The Hall–Kier alpha value is -4.45. The molecule has 52 heavy (non-hydrogen) atoms. The minimum Gasteiger partial charge on any atom is -0.496 e. The number of rotatable bonds is 12. The zero-order valence-corrected chi connectivity index (χ0v) is 31.3. The number of aliphatic hydroxyl groups is 1. The highest BCUT2D eigenvalue weighted by Gasteiger charge is 2.57. The zero-order valence-electron chi connectivity index (χ0n) is 31.3. The summed E-state index contributed by atoms with van der Waals surface area (Å²) >= 11 is 0. The van der Waals surface area contributed by atoms with Gasteiger partial charge in [-0.3, -0.25) is 19.2 Å². The molecular formula is C41H53N5O6. The number of aliphatic hydroxyl groups excluding tert-OH is 1. The first-order valence-corrected chi connectivity index (χ1v) is 18.3. The topological polar surface area (TPSA) is 132 Å². The molecule has 4 fully saturated rings. The van der Waals surface area contributed by atoms with Crippen molar-refractivity contribution in [2.24, 2.45) is 29.1 Å². The Balaban J connectivity index is 1.31. The van der Waals surface area contributed by atoms with Crippen molar-refractivity contribution in [1.29, 1.82) is 0 Å². The quantitative estimate of drug-likeness (QED) is 0.216. The number of carbonyl (C=O) groups is 3. The van der Waals surface area contributed by atoms with E-state index in [1.807, 2.05) is 61.5 Å². The minimum atomic E-state index is -0.827. The Labute approximate surface area is 307 Å². The third-order valence-corrected chi connectivity index (χ3v) is 12.0. The van der Waals surface area contributed by atoms with E-state index in [-0.39, 0.29) is 48.9 Å². The Morgan fingerprint density at radius 3 is 2.38 bits per heavy atom. The summed E-state index contributed by atoms with van der Waals surface area (Å²) in [7, 11) is 7.05. The molecule has 4 N–H and O–H groups in total. The second-order valence-electron chi connectivity index (χ2n) is 15.4. The number of hydroxylamine groups is 2. The summed E-state index contributed by atoms with van der Waals surface area (Å²) in [6.07, 6.45) is 1.45. The Kier molecular flexibility index (Phi) is 11.0. The van der Waals surface area contributed by atoms with Gasteiger partial charge in [-0.25, -0.2) is 0 Å². The molecule has 278 valence electrons. The molecular weight excluding hydrogens is 658 g/mol. The van der Waals surface area contributed by atoms with Gasteiger partial charge in [-0.15, -0.1) is 0 Å². The van der Waals surface area contributed by atoms with E-state index < -0.39 is 18.1 Å². The van der Waals surface area contributed by atoms with Crippen LogP contribution < -0.4 is 25.6 Å². The van der Waals surface area contributed by atoms with E-state index >= 15 is 0 Å². The Bertz CT molecular complexity index is 1780. The van der Waals surface area contributed by atoms with Gasteiger partial charge < -0.3 is 30.7 Å². The molecule has 3 aromatic rings. The van der Waals surface area contributed by atoms with E-state index in [4.69, 9.17) is 9.57 Å². The Morgan fingerprint density at radius 2 is 1.75 bits per heavy atom. The van der Waals surface area contributed by atoms with Crippen molar-refractivity contribution in [3.8, 4) is 16.9 Å². The summed E-state index contributed by atoms with van der Waals surface area (Å²) in [6, 6.07) is 19.6. The second-order valence-corrected chi connectivity index (χ2v) is 15.4. The predicted octanol–water partition coefficient (Wildman–Crippen LogP) is 4.50. The smallest absolute Gasteiger partial charge is 0.251 e. The van der Waals surface area contributed by atoms with Gasteiger partial charge in [-0.05, 0) is 71.9 Å². The first kappa shape index (κ1) is 37.3. The number of ether oxygens (including phenoxy) is 1. The number of fused-ring (bicyclic) bond motifs is 2. The minimum absolute atomic E-state index is 0.0265. The largest absolute Gasteiger partial charge is 0.496 e. The molecule has 7 rings (SSSR count). The lowest BCUT2D eigenvalue weighted by atomic mass is 9.45. The maximum absolute atomic E-state index is 14.4. The molecule has 3 aromatic carbocycles. The molecule has 1 aliphatic heterocycles. The molecule has 2 bridgehead atoms. The van der Waals surface area contributed by atoms with Gasteiger partial charge in [0, 0.05) is 67.6 Å². The maximum atomic E-state index is 14.4. The van der Waals surface area contributed by atoms with Crippen LogP contribution in [-0.2, 0) is 16.2 Å². The molecule has 3 amide bonds. The van der Waals surface area contributed by atoms with Crippen LogP contribution in [0, 0.1) is 29.1 Å². The normalized spacial score (nSPS) is 26.2. The average Bonchev–Trinajstić information content (AvgIpc) is 3.50. The van der Waals surface area contributed by atoms with Gasteiger partial charge in [0.05, 0.1) is 20.3 Å². The highest BCUT2D eigenvalue weighted by atomic mass is 16.7. The van der Waals surface area contributed by atoms with Crippen LogP contribution in [0.2, 0.25) is 0 Å². The third-order valence-electron chi connectivity index (χ3n) is 12.0. The fraction of sp³-hybridized carbons (Fsp3) is 0.488. The number of carbonyl (C=O) groups excluding carboxylic acids is 3. The van der Waals surface area contributed by atoms with Gasteiger partial charge >= 0.3 is 0 Å². The molecule has 3 aliphatic carbocycles. The van der Waals surface area contributed by atoms with Crippen LogP contribution in [0.15, 0.2) is 66.7 Å². The second kappa shape index (κ2) is 15.3. The highest BCUT2D eigenvalue weighted by Crippen LogP contribution is 2.61. The molecule has 0 radical (unpaired) electrons. The molecule has 3 saturated carbocycles. The molecule has 1 saturated heterocycles. The van der Waals surface area contributed by atoms with E-state index in [1.54, 1.807) is 43.5 Å². The summed E-state index contributed by atoms with van der Waals surface area (Å²) in [4.78, 5) is 48.6. The van der Waals surface area contributed by atoms with Crippen LogP contribution in [0.5, 0.6) is 5.75 Å². The molecule has 0 spiro atoms. The van der Waals surface area contributed by atoms with E-state index in [0.29, 0.717) is 34.6 Å². The Morgan fingerprint density at radius 1 is 1.00 bits per heavy atom. The number of nitrogens with one attached hydrogen (secondary N) is 3. The number of hydrogen-bond acceptors (Lipinski definition) is 8. The first-order valence-electron chi connectivity index (χ1n) is 18.3. The van der Waals surface area contributed by atoms with Gasteiger partial charge in [0.25, 0.3) is 11.8 Å². The van der Waals surface area contributed by atoms with Gasteiger partial charge in [0.2, 0.25) is 5.91 Å². The molecule has 4 aliphatic rings. The lowest BCUT2D eigenvalue weighted by Crippen LogP contribution is -2.62. The van der Waals surface area contributed by atoms with Crippen molar-refractivity contribution in [2.45, 2.75) is 58.3 Å². The van der Waals surface area contributed by atoms with E-state index in [1.165, 1.54) is 6.42 Å². The SMILES string of the molecule is CNC(=O)c1cc(-c2cccc(CN3O[C@@H](CNC(=O)c4ccccc4)[C@@H](CO)[C@H]3C(=O)N[C@H]3C[C@H]4C[C@@H]([C@@H]3C)C4(C)C)c2OC)cc(N(C)C)c1. The van der Waals surface area contributed by atoms with Crippen LogP contribution in [-0.4, -0.2) is 87.5 Å². The van der Waals surface area contributed by atoms with Crippen molar-refractivity contribution in [1.82, 2.24) is 21.0 Å². The van der Waals surface area contributed by atoms with Crippen LogP contribution in [0.25, 0.3) is 11.1 Å². The van der Waals surface area contributed by atoms with Gasteiger partial charge in [0.15, 0.2) is 0 Å². The van der Waals surface area contributed by atoms with Crippen molar-refractivity contribution in [2.75, 3.05) is 46.3 Å². The van der Waals surface area contributed by atoms with Crippen molar-refractivity contribution in [3.05, 3.63) is 83.4 Å². The number of methoxy groups -OCH3 is 1. The average molecular weight is 712 g/mol. The fourth-order valence-corrected chi connectivity index (χ4v) is 8.74. The maximum Gasteiger partial charge on any atom is 0.251 e. The number of benzene rings is 3. The number of amides is 3. The molecule has 11 heteroatoms. The first-order chi connectivity index (χ1) is 24.9. The predicted molar refractivity (Wildman–Crippen MR) is 201 cm³/mol. The van der Waals surface area contributed by atoms with Crippen LogP contribution in [0.3, 0.4) is 0 Å². The summed E-state index contributed by atoms with van der Waals surface area (Å²) < 4.78 is 6.04. The fourth-order valence-electron chi connectivity index (χ4n) is 8.74. The molecule has 7 atom stereocenters. The number of para-hydroxylation sites is 1. The molecule has 11 nitrogen and oxygen atoms in total. The number of anilines is 1. The van der Waals surface area contributed by atoms with Crippen molar-refractivity contribution in [3.63, 3.8) is 0 Å².